The molecule has 1 aromatic carbocycles. The van der Waals surface area contributed by atoms with Crippen LogP contribution in [0.1, 0.15) is 11.1 Å². The van der Waals surface area contributed by atoms with Crippen LogP contribution in [-0.4, -0.2) is 21.2 Å². The number of benzene rings is 1. The fourth-order valence-electron chi connectivity index (χ4n) is 1.39. The van der Waals surface area contributed by atoms with Crippen LogP contribution in [0.2, 0.25) is 0 Å². The van der Waals surface area contributed by atoms with Crippen LogP contribution >= 0.6 is 12.4 Å². The third-order valence-electron chi connectivity index (χ3n) is 2.06. The van der Waals surface area contributed by atoms with Gasteiger partial charge in [0, 0.05) is 5.56 Å². The Morgan fingerprint density at radius 1 is 1.50 bits per heavy atom. The molecule has 0 atom stereocenters. The first kappa shape index (κ1) is 16.7. The van der Waals surface area contributed by atoms with E-state index in [0.29, 0.717) is 24.1 Å². The van der Waals surface area contributed by atoms with E-state index in [0.717, 1.165) is 6.26 Å². The number of terminal acetylenes is 1. The molecule has 0 amide bonds. The standard InChI is InChI=1S/C11H13FN2O2S.ClH/c1-3-8-7-11(14-17(2,15)16)10(12)6-9(8)4-5-13;/h1,6-7,14H,4-5,13H2,2H3;1H. The molecule has 0 aromatic heterocycles. The van der Waals surface area contributed by atoms with E-state index in [9.17, 15) is 12.8 Å². The number of rotatable bonds is 4. The summed E-state index contributed by atoms with van der Waals surface area (Å²) in [5, 5.41) is 0. The molecule has 0 heterocycles. The molecule has 1 rings (SSSR count). The third-order valence-corrected chi connectivity index (χ3v) is 2.65. The Morgan fingerprint density at radius 3 is 2.56 bits per heavy atom. The van der Waals surface area contributed by atoms with Crippen molar-refractivity contribution >= 4 is 28.1 Å². The van der Waals surface area contributed by atoms with Crippen molar-refractivity contribution in [2.45, 2.75) is 6.42 Å². The molecule has 0 radical (unpaired) electrons. The molecule has 0 saturated carbocycles. The highest BCUT2D eigenvalue weighted by Gasteiger charge is 2.11. The van der Waals surface area contributed by atoms with Crippen LogP contribution in [0, 0.1) is 18.2 Å². The van der Waals surface area contributed by atoms with Crippen LogP contribution in [0.15, 0.2) is 12.1 Å². The van der Waals surface area contributed by atoms with Crippen LogP contribution < -0.4 is 10.5 Å². The van der Waals surface area contributed by atoms with Crippen molar-refractivity contribution in [1.29, 1.82) is 0 Å². The Balaban J connectivity index is 0.00000289. The van der Waals surface area contributed by atoms with Gasteiger partial charge in [-0.15, -0.1) is 18.8 Å². The highest BCUT2D eigenvalue weighted by atomic mass is 35.5. The molecule has 0 bridgehead atoms. The minimum atomic E-state index is -3.53. The lowest BCUT2D eigenvalue weighted by atomic mass is 10.0. The molecule has 7 heteroatoms. The van der Waals surface area contributed by atoms with E-state index in [4.69, 9.17) is 12.2 Å². The van der Waals surface area contributed by atoms with Crippen molar-refractivity contribution in [1.82, 2.24) is 0 Å². The van der Waals surface area contributed by atoms with E-state index >= 15 is 0 Å². The van der Waals surface area contributed by atoms with Crippen molar-refractivity contribution in [3.05, 3.63) is 29.1 Å². The maximum Gasteiger partial charge on any atom is 0.229 e. The molecule has 0 aliphatic carbocycles. The summed E-state index contributed by atoms with van der Waals surface area (Å²) in [6.07, 6.45) is 6.65. The number of sulfonamides is 1. The number of hydrogen-bond acceptors (Lipinski definition) is 3. The minimum Gasteiger partial charge on any atom is -0.330 e. The molecule has 0 aliphatic rings. The van der Waals surface area contributed by atoms with E-state index < -0.39 is 15.8 Å². The summed E-state index contributed by atoms with van der Waals surface area (Å²) in [6.45, 7) is 0.340. The summed E-state index contributed by atoms with van der Waals surface area (Å²) in [5.41, 5.74) is 6.24. The first-order valence-corrected chi connectivity index (χ1v) is 6.73. The van der Waals surface area contributed by atoms with Crippen LogP contribution in [0.5, 0.6) is 0 Å². The second-order valence-corrected chi connectivity index (χ2v) is 5.29. The van der Waals surface area contributed by atoms with Gasteiger partial charge >= 0.3 is 0 Å². The Hall–Kier alpha value is -1.29. The van der Waals surface area contributed by atoms with E-state index in [1.165, 1.54) is 12.1 Å². The van der Waals surface area contributed by atoms with Gasteiger partial charge < -0.3 is 5.73 Å². The zero-order chi connectivity index (χ0) is 13.1. The van der Waals surface area contributed by atoms with E-state index in [-0.39, 0.29) is 18.1 Å². The topological polar surface area (TPSA) is 72.2 Å². The van der Waals surface area contributed by atoms with Gasteiger partial charge in [-0.1, -0.05) is 5.92 Å². The number of nitrogens with two attached hydrogens (primary N) is 1. The van der Waals surface area contributed by atoms with Crippen LogP contribution in [0.3, 0.4) is 0 Å². The fourth-order valence-corrected chi connectivity index (χ4v) is 1.95. The molecule has 0 spiro atoms. The van der Waals surface area contributed by atoms with E-state index in [2.05, 4.69) is 10.6 Å². The Morgan fingerprint density at radius 2 is 2.11 bits per heavy atom. The van der Waals surface area contributed by atoms with Gasteiger partial charge in [0.25, 0.3) is 0 Å². The normalized spacial score (nSPS) is 10.3. The fraction of sp³-hybridized carbons (Fsp3) is 0.273. The van der Waals surface area contributed by atoms with Crippen molar-refractivity contribution < 1.29 is 12.8 Å². The summed E-state index contributed by atoms with van der Waals surface area (Å²) >= 11 is 0. The summed E-state index contributed by atoms with van der Waals surface area (Å²) in [4.78, 5) is 0. The molecule has 0 saturated heterocycles. The second-order valence-electron chi connectivity index (χ2n) is 3.55. The lowest BCUT2D eigenvalue weighted by Crippen LogP contribution is -2.12. The molecule has 3 N–H and O–H groups in total. The zero-order valence-corrected chi connectivity index (χ0v) is 11.4. The predicted molar refractivity (Wildman–Crippen MR) is 72.8 cm³/mol. The number of anilines is 1. The first-order chi connectivity index (χ1) is 7.87. The van der Waals surface area contributed by atoms with Crippen LogP contribution in [-0.2, 0) is 16.4 Å². The lowest BCUT2D eigenvalue weighted by Gasteiger charge is -2.09. The Kier molecular flexibility index (Phi) is 6.12. The Labute approximate surface area is 112 Å². The molecule has 100 valence electrons. The third kappa shape index (κ3) is 4.53. The van der Waals surface area contributed by atoms with E-state index in [1.807, 2.05) is 0 Å². The summed E-state index contributed by atoms with van der Waals surface area (Å²) in [7, 11) is -3.53. The maximum absolute atomic E-state index is 13.6. The number of hydrogen-bond donors (Lipinski definition) is 2. The molecule has 0 fully saturated rings. The van der Waals surface area contributed by atoms with Crippen LogP contribution in [0.25, 0.3) is 0 Å². The molecular weight excluding hydrogens is 279 g/mol. The minimum absolute atomic E-state index is 0. The summed E-state index contributed by atoms with van der Waals surface area (Å²) < 4.78 is 37.7. The van der Waals surface area contributed by atoms with Crippen molar-refractivity contribution in [2.24, 2.45) is 5.73 Å². The van der Waals surface area contributed by atoms with Crippen LogP contribution in [0.4, 0.5) is 10.1 Å². The first-order valence-electron chi connectivity index (χ1n) is 4.84. The summed E-state index contributed by atoms with van der Waals surface area (Å²) in [5.74, 6) is 1.71. The molecule has 4 nitrogen and oxygen atoms in total. The van der Waals surface area contributed by atoms with Gasteiger partial charge in [-0.25, -0.2) is 12.8 Å². The van der Waals surface area contributed by atoms with Gasteiger partial charge in [-0.3, -0.25) is 4.72 Å². The van der Waals surface area contributed by atoms with Crippen molar-refractivity contribution in [2.75, 3.05) is 17.5 Å². The summed E-state index contributed by atoms with van der Waals surface area (Å²) in [6, 6.07) is 2.50. The average Bonchev–Trinajstić information content (AvgIpc) is 2.20. The molecular formula is C11H14ClFN2O2S. The van der Waals surface area contributed by atoms with Crippen molar-refractivity contribution in [3.8, 4) is 12.3 Å². The monoisotopic (exact) mass is 292 g/mol. The van der Waals surface area contributed by atoms with Gasteiger partial charge in [0.05, 0.1) is 11.9 Å². The number of halogens is 2. The highest BCUT2D eigenvalue weighted by Crippen LogP contribution is 2.21. The Bertz CT molecular complexity index is 567. The highest BCUT2D eigenvalue weighted by molar-refractivity contribution is 7.92. The zero-order valence-electron chi connectivity index (χ0n) is 9.73. The SMILES string of the molecule is C#Cc1cc(NS(C)(=O)=O)c(F)cc1CCN.Cl. The smallest absolute Gasteiger partial charge is 0.229 e. The lowest BCUT2D eigenvalue weighted by molar-refractivity contribution is 0.603. The maximum atomic E-state index is 13.6. The van der Waals surface area contributed by atoms with Gasteiger partial charge in [0.2, 0.25) is 10.0 Å². The van der Waals surface area contributed by atoms with Gasteiger partial charge in [0.1, 0.15) is 5.82 Å². The number of nitrogens with one attached hydrogen (secondary N) is 1. The molecule has 0 unspecified atom stereocenters. The van der Waals surface area contributed by atoms with E-state index in [1.54, 1.807) is 0 Å². The average molecular weight is 293 g/mol. The second kappa shape index (κ2) is 6.59. The molecule has 18 heavy (non-hydrogen) atoms. The van der Waals surface area contributed by atoms with Crippen molar-refractivity contribution in [3.63, 3.8) is 0 Å². The largest absolute Gasteiger partial charge is 0.330 e. The van der Waals surface area contributed by atoms with Gasteiger partial charge in [-0.05, 0) is 30.7 Å². The quantitative estimate of drug-likeness (QED) is 0.816. The molecule has 0 aliphatic heterocycles. The predicted octanol–water partition coefficient (Wildman–Crippen LogP) is 1.10. The van der Waals surface area contributed by atoms with Gasteiger partial charge in [-0.2, -0.15) is 0 Å². The molecule has 1 aromatic rings. The van der Waals surface area contributed by atoms with Gasteiger partial charge in [0.15, 0.2) is 0 Å².